The standard InChI is InChI=1S/C28H30N6O3S/c1-2-22(35)31-17-8-9-18(14-17)32-26(36)25-24-23-21(11-13-30-27(23)38-25)34(28(37)33-24)19-10-12-29-20(15-19)16-6-4-3-5-7-16/h2-7,10,12,15,17-18,21,23,27,30H,1,8-9,11,13-14H2,(H,31,35)(H,32,36)(H,33,37)/t17-,18+,21?,23?,27?/m1/s1. The van der Waals surface area contributed by atoms with Gasteiger partial charge in [-0.05, 0) is 50.4 Å². The first-order valence-corrected chi connectivity index (χ1v) is 13.9. The third-order valence-electron chi connectivity index (χ3n) is 7.74. The van der Waals surface area contributed by atoms with E-state index in [4.69, 9.17) is 0 Å². The van der Waals surface area contributed by atoms with E-state index in [2.05, 4.69) is 32.8 Å². The molecule has 6 rings (SSSR count). The van der Waals surface area contributed by atoms with E-state index in [1.54, 1.807) is 6.20 Å². The van der Waals surface area contributed by atoms with Gasteiger partial charge in [0.15, 0.2) is 0 Å². The van der Waals surface area contributed by atoms with Crippen LogP contribution in [0.25, 0.3) is 11.3 Å². The van der Waals surface area contributed by atoms with E-state index in [-0.39, 0.29) is 47.3 Å². The SMILES string of the molecule is C=CC(=O)N[C@@H]1CC[C@H](NC(=O)C2=C3NC(=O)N(c4ccnc(-c5ccccc5)c4)C4CCNC(S2)C34)C1. The van der Waals surface area contributed by atoms with E-state index >= 15 is 0 Å². The smallest absolute Gasteiger partial charge is 0.326 e. The van der Waals surface area contributed by atoms with Gasteiger partial charge in [-0.2, -0.15) is 0 Å². The van der Waals surface area contributed by atoms with Crippen molar-refractivity contribution in [3.63, 3.8) is 0 Å². The first kappa shape index (κ1) is 24.7. The van der Waals surface area contributed by atoms with Crippen molar-refractivity contribution < 1.29 is 14.4 Å². The molecule has 4 N–H and O–H groups in total. The molecule has 38 heavy (non-hydrogen) atoms. The Labute approximate surface area is 225 Å². The lowest BCUT2D eigenvalue weighted by Gasteiger charge is -2.45. The second-order valence-corrected chi connectivity index (χ2v) is 11.2. The number of benzene rings is 1. The third kappa shape index (κ3) is 4.58. The van der Waals surface area contributed by atoms with Crippen LogP contribution in [-0.2, 0) is 9.59 Å². The van der Waals surface area contributed by atoms with E-state index in [0.717, 1.165) is 42.8 Å². The molecule has 1 aromatic carbocycles. The largest absolute Gasteiger partial charge is 0.350 e. The van der Waals surface area contributed by atoms with Crippen molar-refractivity contribution in [3.05, 3.63) is 71.9 Å². The van der Waals surface area contributed by atoms with Gasteiger partial charge in [0, 0.05) is 41.1 Å². The molecular formula is C28H30N6O3S. The number of hydrogen-bond acceptors (Lipinski definition) is 6. The van der Waals surface area contributed by atoms with Crippen molar-refractivity contribution in [3.8, 4) is 11.3 Å². The van der Waals surface area contributed by atoms with Crippen LogP contribution in [0.15, 0.2) is 71.9 Å². The summed E-state index contributed by atoms with van der Waals surface area (Å²) >= 11 is 1.50. The van der Waals surface area contributed by atoms with Gasteiger partial charge >= 0.3 is 6.03 Å². The summed E-state index contributed by atoms with van der Waals surface area (Å²) in [5.41, 5.74) is 3.30. The summed E-state index contributed by atoms with van der Waals surface area (Å²) in [6, 6.07) is 13.4. The number of rotatable bonds is 6. The molecule has 5 atom stereocenters. The number of nitrogens with zero attached hydrogens (tertiary/aromatic N) is 2. The number of anilines is 1. The summed E-state index contributed by atoms with van der Waals surface area (Å²) in [7, 11) is 0. The highest BCUT2D eigenvalue weighted by Gasteiger charge is 2.52. The first-order chi connectivity index (χ1) is 18.5. The van der Waals surface area contributed by atoms with Crippen LogP contribution in [0.5, 0.6) is 0 Å². The molecule has 2 aromatic rings. The monoisotopic (exact) mass is 530 g/mol. The van der Waals surface area contributed by atoms with E-state index in [1.807, 2.05) is 47.4 Å². The Morgan fingerprint density at radius 3 is 2.68 bits per heavy atom. The highest BCUT2D eigenvalue weighted by Crippen LogP contribution is 2.48. The second-order valence-electron chi connectivity index (χ2n) is 10.1. The number of urea groups is 1. The quantitative estimate of drug-likeness (QED) is 0.427. The van der Waals surface area contributed by atoms with Crippen LogP contribution in [0.3, 0.4) is 0 Å². The number of carbonyl (C=O) groups is 3. The fourth-order valence-electron chi connectivity index (χ4n) is 6.01. The van der Waals surface area contributed by atoms with Gasteiger partial charge in [-0.1, -0.05) is 48.7 Å². The Bertz CT molecular complexity index is 1310. The lowest BCUT2D eigenvalue weighted by Crippen LogP contribution is -2.62. The minimum atomic E-state index is -0.229. The van der Waals surface area contributed by atoms with Crippen molar-refractivity contribution in [1.29, 1.82) is 0 Å². The number of carbonyl (C=O) groups excluding carboxylic acids is 3. The molecule has 1 saturated carbocycles. The summed E-state index contributed by atoms with van der Waals surface area (Å²) in [6.45, 7) is 4.26. The summed E-state index contributed by atoms with van der Waals surface area (Å²) in [4.78, 5) is 45.5. The van der Waals surface area contributed by atoms with Crippen molar-refractivity contribution in [2.75, 3.05) is 11.4 Å². The molecule has 4 heterocycles. The van der Waals surface area contributed by atoms with E-state index in [1.165, 1.54) is 17.8 Å². The minimum absolute atomic E-state index is 0.00578. The van der Waals surface area contributed by atoms with Gasteiger partial charge in [0.05, 0.1) is 22.0 Å². The van der Waals surface area contributed by atoms with Crippen molar-refractivity contribution >= 4 is 35.3 Å². The highest BCUT2D eigenvalue weighted by atomic mass is 32.2. The molecule has 1 aromatic heterocycles. The maximum atomic E-state index is 13.5. The Morgan fingerprint density at radius 1 is 1.11 bits per heavy atom. The zero-order valence-corrected chi connectivity index (χ0v) is 21.7. The molecule has 0 radical (unpaired) electrons. The van der Waals surface area contributed by atoms with E-state index in [9.17, 15) is 14.4 Å². The topological polar surface area (TPSA) is 115 Å². The molecule has 0 bridgehead atoms. The molecule has 9 nitrogen and oxygen atoms in total. The Kier molecular flexibility index (Phi) is 6.67. The normalized spacial score (nSPS) is 27.9. The van der Waals surface area contributed by atoms with E-state index < -0.39 is 0 Å². The molecule has 4 aliphatic rings. The van der Waals surface area contributed by atoms with Gasteiger partial charge < -0.3 is 21.3 Å². The molecule has 3 aliphatic heterocycles. The Hall–Kier alpha value is -3.63. The maximum absolute atomic E-state index is 13.5. The number of nitrogens with one attached hydrogen (secondary N) is 4. The van der Waals surface area contributed by atoms with Gasteiger partial charge in [0.1, 0.15) is 0 Å². The van der Waals surface area contributed by atoms with E-state index in [0.29, 0.717) is 17.0 Å². The number of hydrogen-bond donors (Lipinski definition) is 4. The fraction of sp³-hybridized carbons (Fsp3) is 0.357. The zero-order chi connectivity index (χ0) is 26.2. The molecule has 196 valence electrons. The number of aromatic nitrogens is 1. The minimum Gasteiger partial charge on any atom is -0.350 e. The average molecular weight is 531 g/mol. The second kappa shape index (κ2) is 10.3. The lowest BCUT2D eigenvalue weighted by atomic mass is 9.86. The third-order valence-corrected chi connectivity index (χ3v) is 9.09. The average Bonchev–Trinajstić information content (AvgIpc) is 3.54. The van der Waals surface area contributed by atoms with Crippen LogP contribution in [0.2, 0.25) is 0 Å². The van der Waals surface area contributed by atoms with Gasteiger partial charge in [-0.25, -0.2) is 4.79 Å². The first-order valence-electron chi connectivity index (χ1n) is 13.0. The lowest BCUT2D eigenvalue weighted by molar-refractivity contribution is -0.117. The molecule has 10 heteroatoms. The van der Waals surface area contributed by atoms with Crippen LogP contribution < -0.4 is 26.2 Å². The van der Waals surface area contributed by atoms with Crippen LogP contribution in [-0.4, -0.2) is 52.9 Å². The molecule has 3 fully saturated rings. The van der Waals surface area contributed by atoms with Crippen molar-refractivity contribution in [1.82, 2.24) is 26.3 Å². The van der Waals surface area contributed by atoms with Gasteiger partial charge in [0.2, 0.25) is 5.91 Å². The highest BCUT2D eigenvalue weighted by molar-refractivity contribution is 8.04. The maximum Gasteiger partial charge on any atom is 0.326 e. The fourth-order valence-corrected chi connectivity index (χ4v) is 7.41. The van der Waals surface area contributed by atoms with Gasteiger partial charge in [-0.3, -0.25) is 19.5 Å². The number of amides is 4. The summed E-state index contributed by atoms with van der Waals surface area (Å²) < 4.78 is 0. The molecule has 1 aliphatic carbocycles. The molecular weight excluding hydrogens is 500 g/mol. The van der Waals surface area contributed by atoms with Crippen molar-refractivity contribution in [2.45, 2.75) is 49.2 Å². The molecule has 2 saturated heterocycles. The van der Waals surface area contributed by atoms with Gasteiger partial charge in [-0.15, -0.1) is 0 Å². The number of pyridine rings is 1. The van der Waals surface area contributed by atoms with Crippen molar-refractivity contribution in [2.24, 2.45) is 5.92 Å². The predicted molar refractivity (Wildman–Crippen MR) is 147 cm³/mol. The number of piperidine rings is 1. The van der Waals surface area contributed by atoms with Crippen LogP contribution in [0.4, 0.5) is 10.5 Å². The van der Waals surface area contributed by atoms with Crippen LogP contribution in [0, 0.1) is 5.92 Å². The molecule has 4 amide bonds. The Balaban J connectivity index is 1.22. The molecule has 0 spiro atoms. The van der Waals surface area contributed by atoms with Crippen LogP contribution in [0.1, 0.15) is 25.7 Å². The van der Waals surface area contributed by atoms with Crippen LogP contribution >= 0.6 is 11.8 Å². The Morgan fingerprint density at radius 2 is 1.89 bits per heavy atom. The summed E-state index contributed by atoms with van der Waals surface area (Å²) in [6.07, 6.45) is 6.07. The summed E-state index contributed by atoms with van der Waals surface area (Å²) in [5, 5.41) is 12.7. The predicted octanol–water partition coefficient (Wildman–Crippen LogP) is 2.88. The molecule has 3 unspecified atom stereocenters. The summed E-state index contributed by atoms with van der Waals surface area (Å²) in [5.74, 6) is -0.382. The number of thioether (sulfide) groups is 1. The van der Waals surface area contributed by atoms with Gasteiger partial charge in [0.25, 0.3) is 5.91 Å². The zero-order valence-electron chi connectivity index (χ0n) is 20.9.